The van der Waals surface area contributed by atoms with E-state index in [0.717, 1.165) is 22.5 Å². The van der Waals surface area contributed by atoms with E-state index in [2.05, 4.69) is 38.6 Å². The van der Waals surface area contributed by atoms with E-state index in [1.165, 1.54) is 11.4 Å². The fourth-order valence-electron chi connectivity index (χ4n) is 3.82. The number of hydrogen-bond acceptors (Lipinski definition) is 8. The Morgan fingerprint density at radius 3 is 2.76 bits per heavy atom. The molecule has 0 bridgehead atoms. The summed E-state index contributed by atoms with van der Waals surface area (Å²) in [5.41, 5.74) is 5.12. The first kappa shape index (κ1) is 23.3. The standard InChI is InChI=1S/C22H28N6O4S/c1-15-11-16(5-6-20(15)27(3)4)18-12-19-21(25-8-7-24-19)22(26-18)32-14-17-13-28(9-10-31-17)33(29,30)23-2/h5-8,11-12,17,23H,9-10,13-14H2,1-4H3. The number of anilines is 1. The van der Waals surface area contributed by atoms with E-state index in [9.17, 15) is 8.42 Å². The minimum absolute atomic E-state index is 0.135. The third kappa shape index (κ3) is 5.06. The number of hydrogen-bond donors (Lipinski definition) is 1. The zero-order chi connectivity index (χ0) is 23.6. The number of benzene rings is 1. The molecule has 2 aromatic heterocycles. The topological polar surface area (TPSA) is 110 Å². The summed E-state index contributed by atoms with van der Waals surface area (Å²) in [4.78, 5) is 15.6. The van der Waals surface area contributed by atoms with Gasteiger partial charge in [-0.3, -0.25) is 4.98 Å². The molecule has 1 saturated heterocycles. The monoisotopic (exact) mass is 472 g/mol. The van der Waals surface area contributed by atoms with Crippen molar-refractivity contribution in [2.45, 2.75) is 13.0 Å². The van der Waals surface area contributed by atoms with Gasteiger partial charge in [0.05, 0.1) is 17.8 Å². The Morgan fingerprint density at radius 1 is 1.24 bits per heavy atom. The summed E-state index contributed by atoms with van der Waals surface area (Å²) in [6, 6.07) is 8.04. The number of nitrogens with zero attached hydrogens (tertiary/aromatic N) is 5. The Labute approximate surface area is 193 Å². The summed E-state index contributed by atoms with van der Waals surface area (Å²) < 4.78 is 39.7. The Hall–Kier alpha value is -2.86. The van der Waals surface area contributed by atoms with Gasteiger partial charge in [0.2, 0.25) is 5.88 Å². The Morgan fingerprint density at radius 2 is 2.03 bits per heavy atom. The first-order valence-electron chi connectivity index (χ1n) is 10.6. The van der Waals surface area contributed by atoms with Gasteiger partial charge in [0.25, 0.3) is 10.2 Å². The van der Waals surface area contributed by atoms with E-state index in [0.29, 0.717) is 30.1 Å². The second kappa shape index (κ2) is 9.56. The van der Waals surface area contributed by atoms with Crippen LogP contribution in [0, 0.1) is 6.92 Å². The molecular formula is C22H28N6O4S. The Balaban J connectivity index is 1.61. The molecule has 1 atom stereocenters. The van der Waals surface area contributed by atoms with E-state index in [1.807, 2.05) is 26.2 Å². The minimum Gasteiger partial charge on any atom is -0.473 e. The highest BCUT2D eigenvalue weighted by atomic mass is 32.2. The molecule has 0 aliphatic carbocycles. The lowest BCUT2D eigenvalue weighted by atomic mass is 10.1. The molecule has 0 amide bonds. The Bertz CT molecular complexity index is 1250. The number of aromatic nitrogens is 3. The van der Waals surface area contributed by atoms with Crippen LogP contribution < -0.4 is 14.4 Å². The third-order valence-electron chi connectivity index (χ3n) is 5.50. The van der Waals surface area contributed by atoms with Crippen LogP contribution in [0.1, 0.15) is 5.56 Å². The molecule has 0 saturated carbocycles. The average molecular weight is 473 g/mol. The van der Waals surface area contributed by atoms with Crippen LogP contribution in [-0.4, -0.2) is 81.2 Å². The molecular weight excluding hydrogens is 444 g/mol. The van der Waals surface area contributed by atoms with Crippen molar-refractivity contribution < 1.29 is 17.9 Å². The van der Waals surface area contributed by atoms with Gasteiger partial charge in [-0.05, 0) is 30.7 Å². The molecule has 4 rings (SSSR count). The van der Waals surface area contributed by atoms with Crippen LogP contribution in [0.3, 0.4) is 0 Å². The van der Waals surface area contributed by atoms with E-state index >= 15 is 0 Å². The largest absolute Gasteiger partial charge is 0.473 e. The lowest BCUT2D eigenvalue weighted by Gasteiger charge is -2.31. The molecule has 176 valence electrons. The highest BCUT2D eigenvalue weighted by molar-refractivity contribution is 7.87. The molecule has 3 aromatic rings. The van der Waals surface area contributed by atoms with Crippen molar-refractivity contribution in [1.29, 1.82) is 0 Å². The summed E-state index contributed by atoms with van der Waals surface area (Å²) in [6.45, 7) is 2.97. The summed E-state index contributed by atoms with van der Waals surface area (Å²) in [5, 5.41) is 0. The molecule has 1 unspecified atom stereocenters. The molecule has 11 heteroatoms. The third-order valence-corrected chi connectivity index (χ3v) is 7.03. The molecule has 1 fully saturated rings. The number of nitrogens with one attached hydrogen (secondary N) is 1. The number of morpholine rings is 1. The van der Waals surface area contributed by atoms with Crippen molar-refractivity contribution in [2.75, 3.05) is 52.3 Å². The fraction of sp³-hybridized carbons (Fsp3) is 0.409. The van der Waals surface area contributed by atoms with E-state index < -0.39 is 16.3 Å². The van der Waals surface area contributed by atoms with Crippen LogP contribution in [0.4, 0.5) is 5.69 Å². The predicted octanol–water partition coefficient (Wildman–Crippen LogP) is 1.61. The van der Waals surface area contributed by atoms with Crippen LogP contribution >= 0.6 is 0 Å². The van der Waals surface area contributed by atoms with Gasteiger partial charge in [-0.25, -0.2) is 14.7 Å². The summed E-state index contributed by atoms with van der Waals surface area (Å²) in [7, 11) is 1.89. The maximum atomic E-state index is 12.1. The minimum atomic E-state index is -3.52. The van der Waals surface area contributed by atoms with Gasteiger partial charge in [-0.15, -0.1) is 0 Å². The van der Waals surface area contributed by atoms with Crippen molar-refractivity contribution in [3.63, 3.8) is 0 Å². The number of pyridine rings is 1. The predicted molar refractivity (Wildman–Crippen MR) is 127 cm³/mol. The first-order chi connectivity index (χ1) is 15.8. The molecule has 0 spiro atoms. The van der Waals surface area contributed by atoms with E-state index in [1.54, 1.807) is 12.4 Å². The maximum absolute atomic E-state index is 12.1. The van der Waals surface area contributed by atoms with Gasteiger partial charge >= 0.3 is 0 Å². The molecule has 33 heavy (non-hydrogen) atoms. The van der Waals surface area contributed by atoms with Crippen molar-refractivity contribution >= 4 is 26.9 Å². The number of ether oxygens (including phenoxy) is 2. The van der Waals surface area contributed by atoms with Gasteiger partial charge in [0, 0.05) is 57.9 Å². The van der Waals surface area contributed by atoms with Gasteiger partial charge < -0.3 is 14.4 Å². The van der Waals surface area contributed by atoms with Gasteiger partial charge in [0.1, 0.15) is 12.7 Å². The van der Waals surface area contributed by atoms with E-state index in [-0.39, 0.29) is 13.2 Å². The van der Waals surface area contributed by atoms with Crippen molar-refractivity contribution in [3.8, 4) is 17.1 Å². The highest BCUT2D eigenvalue weighted by Crippen LogP contribution is 2.30. The molecule has 1 aliphatic rings. The van der Waals surface area contributed by atoms with Crippen molar-refractivity contribution in [2.24, 2.45) is 0 Å². The van der Waals surface area contributed by atoms with Gasteiger partial charge in [0.15, 0.2) is 5.52 Å². The van der Waals surface area contributed by atoms with Crippen molar-refractivity contribution in [3.05, 3.63) is 42.2 Å². The quantitative estimate of drug-likeness (QED) is 0.552. The summed E-state index contributed by atoms with van der Waals surface area (Å²) in [6.07, 6.45) is 2.78. The van der Waals surface area contributed by atoms with Crippen molar-refractivity contribution in [1.82, 2.24) is 24.0 Å². The fourth-order valence-corrected chi connectivity index (χ4v) is 4.76. The van der Waals surface area contributed by atoms with Crippen LogP contribution in [0.2, 0.25) is 0 Å². The molecule has 1 aromatic carbocycles. The zero-order valence-corrected chi connectivity index (χ0v) is 20.0. The van der Waals surface area contributed by atoms with Gasteiger partial charge in [-0.2, -0.15) is 12.7 Å². The zero-order valence-electron chi connectivity index (χ0n) is 19.1. The van der Waals surface area contributed by atoms with Crippen LogP contribution in [0.5, 0.6) is 5.88 Å². The number of aryl methyl sites for hydroxylation is 1. The normalized spacial score (nSPS) is 17.3. The lowest BCUT2D eigenvalue weighted by Crippen LogP contribution is -2.50. The second-order valence-corrected chi connectivity index (χ2v) is 9.88. The summed E-state index contributed by atoms with van der Waals surface area (Å²) >= 11 is 0. The Kier molecular flexibility index (Phi) is 6.75. The molecule has 0 radical (unpaired) electrons. The van der Waals surface area contributed by atoms with E-state index in [4.69, 9.17) is 14.5 Å². The SMILES string of the molecule is CNS(=O)(=O)N1CCOC(COc2nc(-c3ccc(N(C)C)c(C)c3)cc3nccnc23)C1. The summed E-state index contributed by atoms with van der Waals surface area (Å²) in [5.74, 6) is 0.335. The van der Waals surface area contributed by atoms with Crippen LogP contribution in [-0.2, 0) is 14.9 Å². The molecule has 3 heterocycles. The second-order valence-electron chi connectivity index (χ2n) is 8.00. The van der Waals surface area contributed by atoms with Crippen LogP contribution in [0.25, 0.3) is 22.3 Å². The number of rotatable bonds is 7. The van der Waals surface area contributed by atoms with Crippen LogP contribution in [0.15, 0.2) is 36.7 Å². The highest BCUT2D eigenvalue weighted by Gasteiger charge is 2.29. The lowest BCUT2D eigenvalue weighted by molar-refractivity contribution is -0.0256. The number of fused-ring (bicyclic) bond motifs is 1. The maximum Gasteiger partial charge on any atom is 0.279 e. The first-order valence-corrected chi connectivity index (χ1v) is 12.1. The average Bonchev–Trinajstić information content (AvgIpc) is 2.82. The molecule has 1 N–H and O–H groups in total. The molecule has 1 aliphatic heterocycles. The molecule has 10 nitrogen and oxygen atoms in total. The van der Waals surface area contributed by atoms with Gasteiger partial charge in [-0.1, -0.05) is 6.07 Å². The smallest absolute Gasteiger partial charge is 0.279 e.